The summed E-state index contributed by atoms with van der Waals surface area (Å²) in [4.78, 5) is 23.4. The number of carbonyl (C=O) groups excluding carboxylic acids is 1. The van der Waals surface area contributed by atoms with E-state index in [1.165, 1.54) is 180 Å². The Morgan fingerprint density at radius 1 is 0.398 bits per heavy atom. The number of hydrogen-bond donors (Lipinski definition) is 3. The number of unbranched alkanes of at least 4 members (excludes halogenated alkanes) is 33. The topological polar surface area (TPSA) is 105 Å². The van der Waals surface area contributed by atoms with Crippen molar-refractivity contribution < 1.29 is 32.9 Å². The smallest absolute Gasteiger partial charge is 0.387 e. The average molecular weight is 1240 g/mol. The second-order valence-electron chi connectivity index (χ2n) is 25.6. The molecule has 0 rings (SSSR count). The third-order valence-electron chi connectivity index (χ3n) is 15.9. The first kappa shape index (κ1) is 84.6. The van der Waals surface area contributed by atoms with Crippen molar-refractivity contribution in [1.29, 1.82) is 0 Å². The molecule has 0 saturated carbocycles. The van der Waals surface area contributed by atoms with Crippen molar-refractivity contribution in [3.8, 4) is 0 Å². The number of quaternary nitrogens is 1. The molecule has 9 heteroatoms. The van der Waals surface area contributed by atoms with Crippen molar-refractivity contribution in [2.45, 2.75) is 321 Å². The number of nitrogens with one attached hydrogen (secondary N) is 1. The number of hydrogen-bond acceptors (Lipinski definition) is 5. The number of nitrogens with zero attached hydrogens (tertiary/aromatic N) is 1. The van der Waals surface area contributed by atoms with Gasteiger partial charge in [0.25, 0.3) is 0 Å². The molecular formula is C79H140N2O6P+. The highest BCUT2D eigenvalue weighted by atomic mass is 31.2. The minimum absolute atomic E-state index is 0.0472. The molecule has 3 N–H and O–H groups in total. The Kier molecular flexibility index (Phi) is 65.4. The van der Waals surface area contributed by atoms with Crippen molar-refractivity contribution >= 4 is 13.7 Å². The van der Waals surface area contributed by atoms with E-state index in [4.69, 9.17) is 9.05 Å². The predicted molar refractivity (Wildman–Crippen MR) is 387 cm³/mol. The van der Waals surface area contributed by atoms with Crippen LogP contribution in [0.25, 0.3) is 0 Å². The molecule has 1 amide bonds. The molecule has 0 aliphatic carbocycles. The molecule has 0 heterocycles. The van der Waals surface area contributed by atoms with Crippen molar-refractivity contribution in [2.75, 3.05) is 40.9 Å². The molecular weight excluding hydrogens is 1100 g/mol. The number of carbonyl (C=O) groups is 1. The summed E-state index contributed by atoms with van der Waals surface area (Å²) >= 11 is 0. The van der Waals surface area contributed by atoms with Gasteiger partial charge in [-0.2, -0.15) is 0 Å². The molecule has 88 heavy (non-hydrogen) atoms. The van der Waals surface area contributed by atoms with Gasteiger partial charge in [-0.15, -0.1) is 0 Å². The Bertz CT molecular complexity index is 1900. The number of aliphatic hydroxyl groups excluding tert-OH is 1. The maximum Gasteiger partial charge on any atom is 0.472 e. The number of amides is 1. The summed E-state index contributed by atoms with van der Waals surface area (Å²) in [5.41, 5.74) is 0. The molecule has 506 valence electrons. The molecule has 0 radical (unpaired) electrons. The van der Waals surface area contributed by atoms with E-state index in [-0.39, 0.29) is 19.1 Å². The highest BCUT2D eigenvalue weighted by Gasteiger charge is 2.28. The van der Waals surface area contributed by atoms with E-state index in [1.54, 1.807) is 6.08 Å². The lowest BCUT2D eigenvalue weighted by Crippen LogP contribution is -2.45. The summed E-state index contributed by atoms with van der Waals surface area (Å²) in [6, 6.07) is -0.882. The van der Waals surface area contributed by atoms with E-state index in [0.717, 1.165) is 109 Å². The zero-order chi connectivity index (χ0) is 64.1. The van der Waals surface area contributed by atoms with Gasteiger partial charge in [-0.05, 0) is 103 Å². The summed E-state index contributed by atoms with van der Waals surface area (Å²) in [7, 11) is 1.54. The average Bonchev–Trinajstić information content (AvgIpc) is 3.64. The summed E-state index contributed by atoms with van der Waals surface area (Å²) in [6.45, 7) is 4.69. The van der Waals surface area contributed by atoms with Gasteiger partial charge in [-0.25, -0.2) is 4.57 Å². The van der Waals surface area contributed by atoms with Gasteiger partial charge in [-0.3, -0.25) is 13.8 Å². The first-order chi connectivity index (χ1) is 43.0. The van der Waals surface area contributed by atoms with Crippen LogP contribution in [0.4, 0.5) is 0 Å². The van der Waals surface area contributed by atoms with Crippen molar-refractivity contribution in [3.05, 3.63) is 134 Å². The fraction of sp³-hybridized carbons (Fsp3) is 0.709. The number of phosphoric acid groups is 1. The van der Waals surface area contributed by atoms with Crippen LogP contribution in [0.5, 0.6) is 0 Å². The molecule has 3 unspecified atom stereocenters. The van der Waals surface area contributed by atoms with Crippen LogP contribution < -0.4 is 5.32 Å². The number of likely N-dealkylation sites (N-methyl/N-ethyl adjacent to an activating group) is 1. The fourth-order valence-electron chi connectivity index (χ4n) is 10.2. The third kappa shape index (κ3) is 70.1. The SMILES string of the molecule is CC/C=C\C/C=C\C/C=C\C/C=C\C/C=C\C/C=C\C/C=C\C/C=C\C/C=C\CCCCCCCCCC(=O)NC(COP(=O)(O)OCC[N+](C)(C)C)C(O)/C=C/CC/C=C/CCCCCCCCCCCCCCCCCCCCCCCCCCC. The lowest BCUT2D eigenvalue weighted by molar-refractivity contribution is -0.870. The zero-order valence-corrected chi connectivity index (χ0v) is 58.8. The highest BCUT2D eigenvalue weighted by molar-refractivity contribution is 7.47. The van der Waals surface area contributed by atoms with E-state index >= 15 is 0 Å². The molecule has 0 saturated heterocycles. The third-order valence-corrected chi connectivity index (χ3v) is 16.8. The fourth-order valence-corrected chi connectivity index (χ4v) is 11.0. The van der Waals surface area contributed by atoms with E-state index in [9.17, 15) is 19.4 Å². The van der Waals surface area contributed by atoms with Crippen LogP contribution >= 0.6 is 7.82 Å². The molecule has 0 aliphatic rings. The summed E-state index contributed by atoms with van der Waals surface area (Å²) < 4.78 is 23.8. The maximum absolute atomic E-state index is 13.1. The molecule has 3 atom stereocenters. The maximum atomic E-state index is 13.1. The quantitative estimate of drug-likeness (QED) is 0.0243. The van der Waals surface area contributed by atoms with Gasteiger partial charge in [0, 0.05) is 6.42 Å². The molecule has 0 fully saturated rings. The van der Waals surface area contributed by atoms with Gasteiger partial charge in [-0.1, -0.05) is 334 Å². The van der Waals surface area contributed by atoms with Gasteiger partial charge >= 0.3 is 7.82 Å². The first-order valence-corrected chi connectivity index (χ1v) is 38.1. The summed E-state index contributed by atoms with van der Waals surface area (Å²) in [5.74, 6) is -0.200. The lowest BCUT2D eigenvalue weighted by atomic mass is 10.0. The second kappa shape index (κ2) is 68.0. The Hall–Kier alpha value is -3.36. The Labute approximate surface area is 545 Å². The molecule has 0 aromatic rings. The standard InChI is InChI=1S/C79H139N2O6P/c1-6-8-10-12-14-16-18-20-22-24-26-28-30-32-34-36-38-39-40-41-43-45-47-49-51-53-55-57-59-61-63-65-67-69-71-73-79(83)80-77(76-87-88(84,85)86-75-74-81(3,4)5)78(82)72-70-68-66-64-62-60-58-56-54-52-50-48-46-44-42-37-35-33-31-29-27-25-23-21-19-17-15-13-11-9-7-2/h8,10,14,16,20,22,26,28,32,34,38-39,41,43,47,49,53,55,62,64,70,72,77-78,82H,6-7,9,11-13,15,17-19,21,23-25,27,29-31,33,35-37,40,42,44-46,48,50-52,54,56-61,63,65-69,71,73-76H2,1-5H3,(H-,80,83,84,85)/p+1/b10-8-,16-14-,22-20-,28-26-,34-32-,39-38-,43-41-,49-47-,55-53-,64-62+,72-70+. The van der Waals surface area contributed by atoms with Gasteiger partial charge in [0.1, 0.15) is 13.2 Å². The van der Waals surface area contributed by atoms with E-state index in [1.807, 2.05) is 27.2 Å². The number of aliphatic hydroxyl groups is 1. The van der Waals surface area contributed by atoms with Crippen LogP contribution in [0.3, 0.4) is 0 Å². The Morgan fingerprint density at radius 2 is 0.693 bits per heavy atom. The molecule has 8 nitrogen and oxygen atoms in total. The van der Waals surface area contributed by atoms with E-state index < -0.39 is 20.0 Å². The minimum Gasteiger partial charge on any atom is -0.387 e. The Balaban J connectivity index is 4.17. The molecule has 0 spiro atoms. The van der Waals surface area contributed by atoms with Crippen LogP contribution in [0, 0.1) is 0 Å². The van der Waals surface area contributed by atoms with E-state index in [0.29, 0.717) is 17.4 Å². The van der Waals surface area contributed by atoms with E-state index in [2.05, 4.69) is 141 Å². The second-order valence-corrected chi connectivity index (χ2v) is 27.0. The molecule has 0 aromatic heterocycles. The zero-order valence-electron chi connectivity index (χ0n) is 57.9. The highest BCUT2D eigenvalue weighted by Crippen LogP contribution is 2.43. The van der Waals surface area contributed by atoms with Crippen LogP contribution in [-0.2, 0) is 18.4 Å². The van der Waals surface area contributed by atoms with Crippen molar-refractivity contribution in [2.24, 2.45) is 0 Å². The van der Waals surface area contributed by atoms with Crippen LogP contribution in [0.15, 0.2) is 134 Å². The van der Waals surface area contributed by atoms with Crippen LogP contribution in [0.2, 0.25) is 0 Å². The molecule has 0 aliphatic heterocycles. The summed E-state index contributed by atoms with van der Waals surface area (Å²) in [5, 5.41) is 14.0. The van der Waals surface area contributed by atoms with Crippen molar-refractivity contribution in [3.63, 3.8) is 0 Å². The van der Waals surface area contributed by atoms with Crippen LogP contribution in [-0.4, -0.2) is 73.4 Å². The monoisotopic (exact) mass is 1240 g/mol. The lowest BCUT2D eigenvalue weighted by Gasteiger charge is -2.25. The summed E-state index contributed by atoms with van der Waals surface area (Å²) in [6.07, 6.45) is 103. The largest absolute Gasteiger partial charge is 0.472 e. The number of allylic oxidation sites excluding steroid dienone is 21. The predicted octanol–water partition coefficient (Wildman–Crippen LogP) is 23.8. The van der Waals surface area contributed by atoms with Crippen molar-refractivity contribution in [1.82, 2.24) is 5.32 Å². The Morgan fingerprint density at radius 3 is 1.05 bits per heavy atom. The molecule has 0 bridgehead atoms. The van der Waals surface area contributed by atoms with Gasteiger partial charge in [0.05, 0.1) is 39.9 Å². The normalized spacial score (nSPS) is 14.4. The first-order valence-electron chi connectivity index (χ1n) is 36.6. The van der Waals surface area contributed by atoms with Gasteiger partial charge in [0.2, 0.25) is 5.91 Å². The van der Waals surface area contributed by atoms with Gasteiger partial charge in [0.15, 0.2) is 0 Å². The van der Waals surface area contributed by atoms with Gasteiger partial charge < -0.3 is 19.8 Å². The minimum atomic E-state index is -4.38. The number of phosphoric ester groups is 1. The van der Waals surface area contributed by atoms with Crippen LogP contribution in [0.1, 0.15) is 309 Å². The molecule has 0 aromatic carbocycles. The number of rotatable bonds is 66.